The van der Waals surface area contributed by atoms with Crippen LogP contribution in [0.25, 0.3) is 0 Å². The third-order valence-corrected chi connectivity index (χ3v) is 4.11. The molecule has 0 fully saturated rings. The highest BCUT2D eigenvalue weighted by atomic mass is 127. The van der Waals surface area contributed by atoms with Crippen LogP contribution in [0.2, 0.25) is 0 Å². The number of amides is 1. The van der Waals surface area contributed by atoms with Crippen molar-refractivity contribution in [3.05, 3.63) is 64.7 Å². The summed E-state index contributed by atoms with van der Waals surface area (Å²) in [6, 6.07) is 13.4. The second kappa shape index (κ2) is 13.0. The van der Waals surface area contributed by atoms with Crippen molar-refractivity contribution in [1.29, 1.82) is 0 Å². The van der Waals surface area contributed by atoms with Gasteiger partial charge in [-0.15, -0.1) is 24.0 Å². The third-order valence-electron chi connectivity index (χ3n) is 4.11. The van der Waals surface area contributed by atoms with Crippen LogP contribution in [-0.2, 0) is 13.1 Å². The van der Waals surface area contributed by atoms with E-state index < -0.39 is 5.91 Å². The molecule has 29 heavy (non-hydrogen) atoms. The first-order valence-corrected chi connectivity index (χ1v) is 9.66. The number of hydrogen-bond acceptors (Lipinski definition) is 3. The fourth-order valence-electron chi connectivity index (χ4n) is 2.67. The van der Waals surface area contributed by atoms with Crippen molar-refractivity contribution in [2.75, 3.05) is 13.2 Å². The summed E-state index contributed by atoms with van der Waals surface area (Å²) in [6.07, 6.45) is 0.968. The maximum Gasteiger partial charge on any atom is 0.248 e. The van der Waals surface area contributed by atoms with Gasteiger partial charge in [-0.25, -0.2) is 4.99 Å². The van der Waals surface area contributed by atoms with Gasteiger partial charge >= 0.3 is 0 Å². The van der Waals surface area contributed by atoms with Gasteiger partial charge < -0.3 is 21.1 Å². The summed E-state index contributed by atoms with van der Waals surface area (Å²) in [5.41, 5.74) is 9.02. The molecule has 0 radical (unpaired) electrons. The number of guanidine groups is 1. The van der Waals surface area contributed by atoms with Gasteiger partial charge in [-0.1, -0.05) is 31.2 Å². The van der Waals surface area contributed by atoms with Crippen LogP contribution in [-0.4, -0.2) is 25.0 Å². The molecule has 6 nitrogen and oxygen atoms in total. The number of aryl methyl sites for hydroxylation is 1. The SMILES string of the molecule is CCCOc1cc(C)ccc1CNC(=NCc1cccc(C(N)=O)c1)NCC.I. The molecule has 0 spiro atoms. The van der Waals surface area contributed by atoms with Crippen molar-refractivity contribution in [3.8, 4) is 5.75 Å². The van der Waals surface area contributed by atoms with E-state index in [2.05, 4.69) is 47.7 Å². The third kappa shape index (κ3) is 8.31. The minimum absolute atomic E-state index is 0. The topological polar surface area (TPSA) is 88.7 Å². The Kier molecular flexibility index (Phi) is 11.1. The number of ether oxygens (including phenoxy) is 1. The van der Waals surface area contributed by atoms with E-state index in [4.69, 9.17) is 10.5 Å². The number of halogens is 1. The maximum absolute atomic E-state index is 11.3. The fourth-order valence-corrected chi connectivity index (χ4v) is 2.67. The highest BCUT2D eigenvalue weighted by Crippen LogP contribution is 2.20. The highest BCUT2D eigenvalue weighted by molar-refractivity contribution is 14.0. The van der Waals surface area contributed by atoms with Crippen LogP contribution in [0, 0.1) is 6.92 Å². The molecule has 0 aliphatic rings. The van der Waals surface area contributed by atoms with Gasteiger partial charge in [-0.05, 0) is 49.6 Å². The Hall–Kier alpha value is -2.29. The van der Waals surface area contributed by atoms with Crippen LogP contribution in [0.5, 0.6) is 5.75 Å². The lowest BCUT2D eigenvalue weighted by Gasteiger charge is -2.15. The molecule has 2 aromatic carbocycles. The van der Waals surface area contributed by atoms with Crippen molar-refractivity contribution >= 4 is 35.8 Å². The average molecular weight is 510 g/mol. The van der Waals surface area contributed by atoms with Gasteiger partial charge in [0, 0.05) is 24.2 Å². The minimum Gasteiger partial charge on any atom is -0.493 e. The van der Waals surface area contributed by atoms with Crippen LogP contribution in [0.1, 0.15) is 47.3 Å². The van der Waals surface area contributed by atoms with Gasteiger partial charge in [0.25, 0.3) is 0 Å². The predicted molar refractivity (Wildman–Crippen MR) is 129 cm³/mol. The van der Waals surface area contributed by atoms with Gasteiger partial charge in [0.1, 0.15) is 5.75 Å². The molecule has 0 unspecified atom stereocenters. The molecular formula is C22H31IN4O2. The number of primary amides is 1. The Morgan fingerprint density at radius 3 is 2.62 bits per heavy atom. The Bertz CT molecular complexity index is 824. The van der Waals surface area contributed by atoms with Crippen molar-refractivity contribution in [1.82, 2.24) is 10.6 Å². The molecule has 1 amide bonds. The lowest BCUT2D eigenvalue weighted by molar-refractivity contribution is 0.1000. The Morgan fingerprint density at radius 1 is 1.14 bits per heavy atom. The first kappa shape index (κ1) is 24.7. The number of aliphatic imine (C=N–C) groups is 1. The molecule has 0 bridgehead atoms. The van der Waals surface area contributed by atoms with Crippen LogP contribution < -0.4 is 21.1 Å². The molecule has 2 aromatic rings. The quantitative estimate of drug-likeness (QED) is 0.272. The van der Waals surface area contributed by atoms with E-state index in [0.717, 1.165) is 29.8 Å². The summed E-state index contributed by atoms with van der Waals surface area (Å²) < 4.78 is 5.88. The second-order valence-corrected chi connectivity index (χ2v) is 6.57. The smallest absolute Gasteiger partial charge is 0.248 e. The normalized spacial score (nSPS) is 10.8. The average Bonchev–Trinajstić information content (AvgIpc) is 2.69. The number of benzene rings is 2. The summed E-state index contributed by atoms with van der Waals surface area (Å²) in [6.45, 7) is 8.67. The molecule has 2 rings (SSSR count). The lowest BCUT2D eigenvalue weighted by atomic mass is 10.1. The molecule has 0 heterocycles. The van der Waals surface area contributed by atoms with Gasteiger partial charge in [0.15, 0.2) is 5.96 Å². The van der Waals surface area contributed by atoms with Crippen molar-refractivity contribution < 1.29 is 9.53 Å². The molecule has 0 aliphatic carbocycles. The summed E-state index contributed by atoms with van der Waals surface area (Å²) in [7, 11) is 0. The van der Waals surface area contributed by atoms with E-state index >= 15 is 0 Å². The molecular weight excluding hydrogens is 479 g/mol. The molecule has 4 N–H and O–H groups in total. The van der Waals surface area contributed by atoms with Crippen LogP contribution in [0.3, 0.4) is 0 Å². The highest BCUT2D eigenvalue weighted by Gasteiger charge is 2.06. The van der Waals surface area contributed by atoms with Crippen molar-refractivity contribution in [2.24, 2.45) is 10.7 Å². The second-order valence-electron chi connectivity index (χ2n) is 6.57. The molecule has 0 atom stereocenters. The van der Waals surface area contributed by atoms with Crippen LogP contribution in [0.4, 0.5) is 0 Å². The van der Waals surface area contributed by atoms with Gasteiger partial charge in [0.2, 0.25) is 5.91 Å². The van der Waals surface area contributed by atoms with E-state index in [9.17, 15) is 4.79 Å². The van der Waals surface area contributed by atoms with E-state index in [0.29, 0.717) is 31.2 Å². The molecule has 0 saturated heterocycles. The number of nitrogens with zero attached hydrogens (tertiary/aromatic N) is 1. The molecule has 158 valence electrons. The molecule has 0 aliphatic heterocycles. The number of nitrogens with one attached hydrogen (secondary N) is 2. The van der Waals surface area contributed by atoms with Gasteiger partial charge in [0.05, 0.1) is 13.2 Å². The predicted octanol–water partition coefficient (Wildman–Crippen LogP) is 3.76. The van der Waals surface area contributed by atoms with E-state index in [1.54, 1.807) is 12.1 Å². The Labute approximate surface area is 190 Å². The summed E-state index contributed by atoms with van der Waals surface area (Å²) in [4.78, 5) is 15.9. The lowest BCUT2D eigenvalue weighted by Crippen LogP contribution is -2.36. The van der Waals surface area contributed by atoms with E-state index in [-0.39, 0.29) is 24.0 Å². The van der Waals surface area contributed by atoms with Crippen LogP contribution >= 0.6 is 24.0 Å². The maximum atomic E-state index is 11.3. The summed E-state index contributed by atoms with van der Waals surface area (Å²) in [5.74, 6) is 1.17. The fraction of sp³-hybridized carbons (Fsp3) is 0.364. The van der Waals surface area contributed by atoms with Crippen molar-refractivity contribution in [3.63, 3.8) is 0 Å². The number of hydrogen-bond donors (Lipinski definition) is 3. The minimum atomic E-state index is -0.435. The van der Waals surface area contributed by atoms with E-state index in [1.807, 2.05) is 19.1 Å². The van der Waals surface area contributed by atoms with E-state index in [1.165, 1.54) is 5.56 Å². The van der Waals surface area contributed by atoms with Crippen LogP contribution in [0.15, 0.2) is 47.5 Å². The zero-order chi connectivity index (χ0) is 20.4. The van der Waals surface area contributed by atoms with Gasteiger partial charge in [-0.3, -0.25) is 4.79 Å². The molecule has 0 aromatic heterocycles. The summed E-state index contributed by atoms with van der Waals surface area (Å²) in [5, 5.41) is 6.59. The largest absolute Gasteiger partial charge is 0.493 e. The number of rotatable bonds is 9. The first-order chi connectivity index (χ1) is 13.5. The molecule has 7 heteroatoms. The first-order valence-electron chi connectivity index (χ1n) is 9.66. The number of carbonyl (C=O) groups excluding carboxylic acids is 1. The van der Waals surface area contributed by atoms with Crippen molar-refractivity contribution in [2.45, 2.75) is 40.3 Å². The Morgan fingerprint density at radius 2 is 1.93 bits per heavy atom. The Balaban J connectivity index is 0.00000420. The zero-order valence-corrected chi connectivity index (χ0v) is 19.7. The van der Waals surface area contributed by atoms with Gasteiger partial charge in [-0.2, -0.15) is 0 Å². The zero-order valence-electron chi connectivity index (χ0n) is 17.3. The monoisotopic (exact) mass is 510 g/mol. The molecule has 0 saturated carbocycles. The number of nitrogens with two attached hydrogens (primary N) is 1. The summed E-state index contributed by atoms with van der Waals surface area (Å²) >= 11 is 0. The number of carbonyl (C=O) groups is 1. The standard InChI is InChI=1S/C22H30N4O2.HI/c1-4-11-28-20-12-16(3)9-10-19(20)15-26-22(24-5-2)25-14-17-7-6-8-18(13-17)21(23)27;/h6-10,12-13H,4-5,11,14-15H2,1-3H3,(H2,23,27)(H2,24,25,26);1H.